The molecule has 0 aliphatic heterocycles. The minimum absolute atomic E-state index is 0.0111. The van der Waals surface area contributed by atoms with E-state index < -0.39 is 6.04 Å². The molecule has 2 aromatic rings. The van der Waals surface area contributed by atoms with E-state index in [0.717, 1.165) is 12.0 Å². The number of nitrogens with one attached hydrogen (secondary N) is 1. The van der Waals surface area contributed by atoms with Crippen molar-refractivity contribution in [2.45, 2.75) is 45.8 Å². The van der Waals surface area contributed by atoms with E-state index in [-0.39, 0.29) is 31.0 Å². The third kappa shape index (κ3) is 7.33. The third-order valence-electron chi connectivity index (χ3n) is 4.93. The zero-order valence-corrected chi connectivity index (χ0v) is 19.7. The van der Waals surface area contributed by atoms with E-state index in [1.807, 2.05) is 38.1 Å². The molecule has 0 aliphatic rings. The van der Waals surface area contributed by atoms with E-state index in [1.165, 1.54) is 4.90 Å². The summed E-state index contributed by atoms with van der Waals surface area (Å²) in [6.07, 6.45) is 0.795. The molecule has 0 radical (unpaired) electrons. The molecule has 0 unspecified atom stereocenters. The van der Waals surface area contributed by atoms with Crippen LogP contribution in [0.1, 0.15) is 32.8 Å². The molecular formula is C23H28Cl2N2O4. The van der Waals surface area contributed by atoms with Gasteiger partial charge in [0.15, 0.2) is 6.61 Å². The van der Waals surface area contributed by atoms with E-state index in [1.54, 1.807) is 32.2 Å². The summed E-state index contributed by atoms with van der Waals surface area (Å²) in [6, 6.07) is 11.4. The van der Waals surface area contributed by atoms with Crippen molar-refractivity contribution < 1.29 is 19.1 Å². The quantitative estimate of drug-likeness (QED) is 0.550. The predicted molar refractivity (Wildman–Crippen MR) is 123 cm³/mol. The minimum Gasteiger partial charge on any atom is -0.497 e. The lowest BCUT2D eigenvalue weighted by Gasteiger charge is -2.29. The van der Waals surface area contributed by atoms with Gasteiger partial charge in [0.05, 0.1) is 12.1 Å². The first kappa shape index (κ1) is 24.8. The summed E-state index contributed by atoms with van der Waals surface area (Å²) in [6.45, 7) is 5.59. The number of nitrogens with zero attached hydrogens (tertiary/aromatic N) is 1. The van der Waals surface area contributed by atoms with Crippen LogP contribution in [0.3, 0.4) is 0 Å². The van der Waals surface area contributed by atoms with E-state index in [9.17, 15) is 9.59 Å². The van der Waals surface area contributed by atoms with Crippen LogP contribution >= 0.6 is 23.2 Å². The molecular weight excluding hydrogens is 439 g/mol. The zero-order chi connectivity index (χ0) is 23.0. The molecule has 0 bridgehead atoms. The molecule has 2 aromatic carbocycles. The number of carbonyl (C=O) groups is 2. The van der Waals surface area contributed by atoms with Gasteiger partial charge >= 0.3 is 0 Å². The fourth-order valence-corrected chi connectivity index (χ4v) is 3.25. The third-order valence-corrected chi connectivity index (χ3v) is 5.46. The normalized spacial score (nSPS) is 12.6. The summed E-state index contributed by atoms with van der Waals surface area (Å²) >= 11 is 12.0. The highest BCUT2D eigenvalue weighted by Gasteiger charge is 2.27. The average molecular weight is 467 g/mol. The maximum absolute atomic E-state index is 13.1. The van der Waals surface area contributed by atoms with E-state index in [4.69, 9.17) is 32.7 Å². The Balaban J connectivity index is 2.17. The SMILES string of the molecule is CC[C@H](C)NC(=O)[C@H](C)N(Cc1ccc(OC)cc1)C(=O)COc1ccc(Cl)cc1Cl. The average Bonchev–Trinajstić information content (AvgIpc) is 2.76. The van der Waals surface area contributed by atoms with Crippen LogP contribution in [0.5, 0.6) is 11.5 Å². The van der Waals surface area contributed by atoms with Crippen LogP contribution in [-0.4, -0.2) is 42.5 Å². The summed E-state index contributed by atoms with van der Waals surface area (Å²) in [5.74, 6) is 0.500. The van der Waals surface area contributed by atoms with Crippen LogP contribution in [0.2, 0.25) is 10.0 Å². The van der Waals surface area contributed by atoms with Crippen molar-refractivity contribution in [2.75, 3.05) is 13.7 Å². The lowest BCUT2D eigenvalue weighted by atomic mass is 10.1. The highest BCUT2D eigenvalue weighted by molar-refractivity contribution is 6.35. The van der Waals surface area contributed by atoms with Crippen LogP contribution in [0.25, 0.3) is 0 Å². The number of methoxy groups -OCH3 is 1. The van der Waals surface area contributed by atoms with Gasteiger partial charge in [-0.1, -0.05) is 42.3 Å². The zero-order valence-electron chi connectivity index (χ0n) is 18.2. The smallest absolute Gasteiger partial charge is 0.261 e. The fourth-order valence-electron chi connectivity index (χ4n) is 2.79. The molecule has 0 saturated heterocycles. The highest BCUT2D eigenvalue weighted by Crippen LogP contribution is 2.27. The molecule has 2 rings (SSSR count). The first-order valence-electron chi connectivity index (χ1n) is 10.1. The minimum atomic E-state index is -0.687. The van der Waals surface area contributed by atoms with Crippen LogP contribution in [0, 0.1) is 0 Å². The Bertz CT molecular complexity index is 890. The Morgan fingerprint density at radius 1 is 1.10 bits per heavy atom. The van der Waals surface area contributed by atoms with Gasteiger partial charge in [0.2, 0.25) is 5.91 Å². The summed E-state index contributed by atoms with van der Waals surface area (Å²) in [7, 11) is 1.59. The standard InChI is InChI=1S/C23H28Cl2N2O4/c1-5-15(2)26-23(29)16(3)27(13-17-6-9-19(30-4)10-7-17)22(28)14-31-21-11-8-18(24)12-20(21)25/h6-12,15-16H,5,13-14H2,1-4H3,(H,26,29)/t15-,16-/m0/s1. The van der Waals surface area contributed by atoms with E-state index in [2.05, 4.69) is 5.32 Å². The number of hydrogen-bond acceptors (Lipinski definition) is 4. The second kappa shape index (κ2) is 11.8. The van der Waals surface area contributed by atoms with Crippen molar-refractivity contribution in [3.05, 3.63) is 58.1 Å². The van der Waals surface area contributed by atoms with Crippen molar-refractivity contribution in [3.8, 4) is 11.5 Å². The molecule has 168 valence electrons. The number of rotatable bonds is 10. The van der Waals surface area contributed by atoms with Crippen LogP contribution < -0.4 is 14.8 Å². The molecule has 1 N–H and O–H groups in total. The Kier molecular flexibility index (Phi) is 9.46. The van der Waals surface area contributed by atoms with Crippen LogP contribution in [0.4, 0.5) is 0 Å². The number of ether oxygens (including phenoxy) is 2. The molecule has 2 amide bonds. The van der Waals surface area contributed by atoms with Gasteiger partial charge in [0.1, 0.15) is 17.5 Å². The number of carbonyl (C=O) groups excluding carboxylic acids is 2. The van der Waals surface area contributed by atoms with Gasteiger partial charge in [-0.25, -0.2) is 0 Å². The first-order chi connectivity index (χ1) is 14.7. The Morgan fingerprint density at radius 2 is 1.77 bits per heavy atom. The number of amides is 2. The van der Waals surface area contributed by atoms with Crippen molar-refractivity contribution in [1.29, 1.82) is 0 Å². The summed E-state index contributed by atoms with van der Waals surface area (Å²) in [5, 5.41) is 3.71. The highest BCUT2D eigenvalue weighted by atomic mass is 35.5. The van der Waals surface area contributed by atoms with Crippen LogP contribution in [0.15, 0.2) is 42.5 Å². The number of benzene rings is 2. The molecule has 0 spiro atoms. The molecule has 0 fully saturated rings. The van der Waals surface area contributed by atoms with Gasteiger partial charge < -0.3 is 19.7 Å². The molecule has 6 nitrogen and oxygen atoms in total. The van der Waals surface area contributed by atoms with Gasteiger partial charge in [-0.2, -0.15) is 0 Å². The largest absolute Gasteiger partial charge is 0.497 e. The first-order valence-corrected chi connectivity index (χ1v) is 10.8. The van der Waals surface area contributed by atoms with Crippen molar-refractivity contribution in [2.24, 2.45) is 0 Å². The molecule has 8 heteroatoms. The fraction of sp³-hybridized carbons (Fsp3) is 0.391. The summed E-state index contributed by atoms with van der Waals surface area (Å²) in [5.41, 5.74) is 0.863. The number of halogens is 2. The molecule has 0 aromatic heterocycles. The Labute approximate surface area is 193 Å². The lowest BCUT2D eigenvalue weighted by Crippen LogP contribution is -2.50. The second-order valence-electron chi connectivity index (χ2n) is 7.23. The van der Waals surface area contributed by atoms with Gasteiger partial charge in [-0.3, -0.25) is 9.59 Å². The Hall–Kier alpha value is -2.44. The van der Waals surface area contributed by atoms with Crippen LogP contribution in [-0.2, 0) is 16.1 Å². The molecule has 2 atom stereocenters. The maximum atomic E-state index is 13.1. The molecule has 0 saturated carbocycles. The Morgan fingerprint density at radius 3 is 2.35 bits per heavy atom. The molecule has 31 heavy (non-hydrogen) atoms. The van der Waals surface area contributed by atoms with E-state index >= 15 is 0 Å². The van der Waals surface area contributed by atoms with Gasteiger partial charge in [0, 0.05) is 17.6 Å². The number of hydrogen-bond donors (Lipinski definition) is 1. The van der Waals surface area contributed by atoms with Gasteiger partial charge in [-0.15, -0.1) is 0 Å². The van der Waals surface area contributed by atoms with Crippen molar-refractivity contribution in [1.82, 2.24) is 10.2 Å². The van der Waals surface area contributed by atoms with Gasteiger partial charge in [0.25, 0.3) is 5.91 Å². The summed E-state index contributed by atoms with van der Waals surface area (Å²) < 4.78 is 10.8. The predicted octanol–water partition coefficient (Wildman–Crippen LogP) is 4.71. The van der Waals surface area contributed by atoms with E-state index in [0.29, 0.717) is 21.5 Å². The van der Waals surface area contributed by atoms with Crippen molar-refractivity contribution >= 4 is 35.0 Å². The lowest BCUT2D eigenvalue weighted by molar-refractivity contribution is -0.142. The summed E-state index contributed by atoms with van der Waals surface area (Å²) in [4.78, 5) is 27.3. The van der Waals surface area contributed by atoms with Gasteiger partial charge in [-0.05, 0) is 56.2 Å². The topological polar surface area (TPSA) is 67.9 Å². The van der Waals surface area contributed by atoms with Crippen molar-refractivity contribution in [3.63, 3.8) is 0 Å². The second-order valence-corrected chi connectivity index (χ2v) is 8.07. The molecule has 0 aliphatic carbocycles. The maximum Gasteiger partial charge on any atom is 0.261 e. The monoisotopic (exact) mass is 466 g/mol. The molecule has 0 heterocycles.